The van der Waals surface area contributed by atoms with Crippen LogP contribution in [0.4, 0.5) is 19.2 Å². The van der Waals surface area contributed by atoms with Crippen molar-refractivity contribution < 1.29 is 48.0 Å². The van der Waals surface area contributed by atoms with E-state index in [1.807, 2.05) is 48.5 Å². The second-order valence-corrected chi connectivity index (χ2v) is 17.1. The quantitative estimate of drug-likeness (QED) is 0.0464. The molecule has 64 heavy (non-hydrogen) atoms. The van der Waals surface area contributed by atoms with Gasteiger partial charge in [0.15, 0.2) is 0 Å². The first-order chi connectivity index (χ1) is 30.7. The summed E-state index contributed by atoms with van der Waals surface area (Å²) in [5, 5.41) is 19.8. The summed E-state index contributed by atoms with van der Waals surface area (Å²) in [5.41, 5.74) is 4.52. The van der Waals surface area contributed by atoms with Crippen molar-refractivity contribution in [1.82, 2.24) is 20.9 Å². The second kappa shape index (κ2) is 24.2. The number of amides is 4. The molecule has 0 saturated heterocycles. The molecule has 0 unspecified atom stereocenters. The van der Waals surface area contributed by atoms with E-state index in [1.54, 1.807) is 69.3 Å². The van der Waals surface area contributed by atoms with Gasteiger partial charge in [-0.3, -0.25) is 4.90 Å². The van der Waals surface area contributed by atoms with Crippen molar-refractivity contribution in [1.29, 1.82) is 0 Å². The highest BCUT2D eigenvalue weighted by Crippen LogP contribution is 2.44. The average Bonchev–Trinajstić information content (AvgIpc) is 3.57. The Hall–Kier alpha value is -5.99. The summed E-state index contributed by atoms with van der Waals surface area (Å²) >= 11 is 12.3. The highest BCUT2D eigenvalue weighted by Gasteiger charge is 2.35. The van der Waals surface area contributed by atoms with E-state index in [2.05, 4.69) is 16.0 Å². The van der Waals surface area contributed by atoms with Gasteiger partial charge < -0.3 is 40.0 Å². The fourth-order valence-corrected chi connectivity index (χ4v) is 7.70. The molecule has 0 bridgehead atoms. The number of carbonyl (C=O) groups excluding carboxylic acids is 4. The Labute approximate surface area is 383 Å². The minimum absolute atomic E-state index is 0.00262. The average molecular weight is 920 g/mol. The monoisotopic (exact) mass is 918 g/mol. The zero-order chi connectivity index (χ0) is 46.1. The molecule has 1 aliphatic carbocycles. The van der Waals surface area contributed by atoms with Gasteiger partial charge in [0, 0.05) is 52.8 Å². The van der Waals surface area contributed by atoms with Crippen LogP contribution in [0.25, 0.3) is 11.1 Å². The predicted molar refractivity (Wildman–Crippen MR) is 243 cm³/mol. The van der Waals surface area contributed by atoms with E-state index in [-0.39, 0.29) is 58.2 Å². The smallest absolute Gasteiger partial charge is 0.410 e. The number of rotatable bonds is 21. The number of carboxylic acids is 1. The Balaban J connectivity index is 1.26. The number of ether oxygens (including phenoxy) is 4. The Kier molecular flexibility index (Phi) is 18.5. The molecule has 0 radical (unpaired) electrons. The van der Waals surface area contributed by atoms with E-state index in [0.29, 0.717) is 46.9 Å². The van der Waals surface area contributed by atoms with Gasteiger partial charge in [-0.15, -0.1) is 0 Å². The van der Waals surface area contributed by atoms with Gasteiger partial charge in [0.05, 0.1) is 0 Å². The molecule has 0 saturated carbocycles. The number of alkyl carbamates (subject to hydrolysis) is 3. The standard InChI is InChI=1S/C48H56Cl2N4O10/c1-48(2,3)64-46(59)53-34(18-12-14-26-51-44(57)61-29-32-16-4-10-23-40(32)49)28-54(47(60)63-31-39-37-21-8-6-19-35(37)36-20-7-9-22-38(36)39)42(43(55)56)25-13-15-27-52-45(58)62-30-33-17-5-11-24-41(33)50/h4-11,16-17,19-24,34,39,42H,12-15,18,25-31H2,1-3H3,(H,51,57)(H,52,58)(H,53,59)(H,55,56)/t34-,42+/m1/s1. The van der Waals surface area contributed by atoms with Crippen LogP contribution in [0.15, 0.2) is 97.1 Å². The maximum absolute atomic E-state index is 14.3. The molecule has 0 aliphatic heterocycles. The summed E-state index contributed by atoms with van der Waals surface area (Å²) in [5.74, 6) is -1.55. The van der Waals surface area contributed by atoms with Crippen LogP contribution in [-0.4, -0.2) is 84.3 Å². The van der Waals surface area contributed by atoms with Crippen molar-refractivity contribution in [2.75, 3.05) is 26.2 Å². The summed E-state index contributed by atoms with van der Waals surface area (Å²) in [6, 6.07) is 27.7. The van der Waals surface area contributed by atoms with E-state index >= 15 is 0 Å². The highest BCUT2D eigenvalue weighted by molar-refractivity contribution is 6.31. The number of carboxylic acid groups (broad SMARTS) is 1. The van der Waals surface area contributed by atoms with Gasteiger partial charge in [-0.25, -0.2) is 24.0 Å². The third-order valence-electron chi connectivity index (χ3n) is 10.4. The highest BCUT2D eigenvalue weighted by atomic mass is 35.5. The molecule has 0 heterocycles. The molecule has 1 aliphatic rings. The molecule has 4 aromatic rings. The summed E-state index contributed by atoms with van der Waals surface area (Å²) in [7, 11) is 0. The Morgan fingerprint density at radius 1 is 0.656 bits per heavy atom. The zero-order valence-corrected chi connectivity index (χ0v) is 37.8. The van der Waals surface area contributed by atoms with Crippen LogP contribution in [0, 0.1) is 0 Å². The van der Waals surface area contributed by atoms with Gasteiger partial charge in [-0.05, 0) is 93.7 Å². The number of nitrogens with one attached hydrogen (secondary N) is 3. The summed E-state index contributed by atoms with van der Waals surface area (Å²) in [6.07, 6.45) is -0.999. The van der Waals surface area contributed by atoms with Crippen molar-refractivity contribution in [3.05, 3.63) is 129 Å². The fraction of sp³-hybridized carbons (Fsp3) is 0.396. The van der Waals surface area contributed by atoms with Crippen LogP contribution in [-0.2, 0) is 37.0 Å². The van der Waals surface area contributed by atoms with Crippen LogP contribution in [0.1, 0.15) is 87.5 Å². The lowest BCUT2D eigenvalue weighted by Gasteiger charge is -2.33. The van der Waals surface area contributed by atoms with Gasteiger partial charge in [0.2, 0.25) is 0 Å². The molecule has 4 N–H and O–H groups in total. The maximum Gasteiger partial charge on any atom is 0.410 e. The van der Waals surface area contributed by atoms with Crippen LogP contribution in [0.5, 0.6) is 0 Å². The molecule has 342 valence electrons. The Morgan fingerprint density at radius 3 is 1.64 bits per heavy atom. The lowest BCUT2D eigenvalue weighted by Crippen LogP contribution is -2.53. The van der Waals surface area contributed by atoms with Crippen molar-refractivity contribution in [3.8, 4) is 11.1 Å². The number of hydrogen-bond acceptors (Lipinski definition) is 9. The minimum Gasteiger partial charge on any atom is -0.480 e. The third-order valence-corrected chi connectivity index (χ3v) is 11.2. The minimum atomic E-state index is -1.36. The molecule has 4 aromatic carbocycles. The van der Waals surface area contributed by atoms with Crippen molar-refractivity contribution in [3.63, 3.8) is 0 Å². The van der Waals surface area contributed by atoms with Gasteiger partial charge in [0.25, 0.3) is 0 Å². The number of fused-ring (bicyclic) bond motifs is 3. The van der Waals surface area contributed by atoms with Gasteiger partial charge in [-0.2, -0.15) is 0 Å². The fourth-order valence-electron chi connectivity index (χ4n) is 7.32. The SMILES string of the molecule is CC(C)(C)OC(=O)N[C@H](CCCCNC(=O)OCc1ccccc1Cl)CN(C(=O)OCC1c2ccccc2-c2ccccc21)[C@@H](CCCCNC(=O)OCc1ccccc1Cl)C(=O)O. The topological polar surface area (TPSA) is 182 Å². The molecular weight excluding hydrogens is 863 g/mol. The van der Waals surface area contributed by atoms with Crippen molar-refractivity contribution in [2.24, 2.45) is 0 Å². The third kappa shape index (κ3) is 15.1. The lowest BCUT2D eigenvalue weighted by molar-refractivity contribution is -0.143. The first kappa shape index (κ1) is 49.0. The largest absolute Gasteiger partial charge is 0.480 e. The van der Waals surface area contributed by atoms with E-state index < -0.39 is 48.0 Å². The summed E-state index contributed by atoms with van der Waals surface area (Å²) in [6.45, 7) is 5.27. The number of hydrogen-bond donors (Lipinski definition) is 4. The zero-order valence-electron chi connectivity index (χ0n) is 36.3. The number of halogens is 2. The molecule has 16 heteroatoms. The number of aliphatic carboxylic acids is 1. The molecule has 14 nitrogen and oxygen atoms in total. The van der Waals surface area contributed by atoms with Crippen molar-refractivity contribution in [2.45, 2.75) is 96.1 Å². The van der Waals surface area contributed by atoms with Gasteiger partial charge >= 0.3 is 30.3 Å². The van der Waals surface area contributed by atoms with Crippen LogP contribution in [0.2, 0.25) is 10.0 Å². The lowest BCUT2D eigenvalue weighted by atomic mass is 9.98. The first-order valence-corrected chi connectivity index (χ1v) is 22.1. The number of nitrogens with zero attached hydrogens (tertiary/aromatic N) is 1. The predicted octanol–water partition coefficient (Wildman–Crippen LogP) is 10.1. The number of benzene rings is 4. The van der Waals surface area contributed by atoms with Crippen LogP contribution in [0.3, 0.4) is 0 Å². The van der Waals surface area contributed by atoms with Gasteiger partial charge in [-0.1, -0.05) is 108 Å². The van der Waals surface area contributed by atoms with E-state index in [1.165, 1.54) is 0 Å². The molecule has 0 spiro atoms. The number of carbonyl (C=O) groups is 5. The molecule has 5 rings (SSSR count). The molecule has 0 fully saturated rings. The molecular formula is C48H56Cl2N4O10. The molecule has 2 atom stereocenters. The Morgan fingerprint density at radius 2 is 1.14 bits per heavy atom. The number of unbranched alkanes of at least 4 members (excludes halogenated alkanes) is 2. The second-order valence-electron chi connectivity index (χ2n) is 16.3. The van der Waals surface area contributed by atoms with Crippen molar-refractivity contribution >= 4 is 53.5 Å². The summed E-state index contributed by atoms with van der Waals surface area (Å²) < 4.78 is 22.1. The first-order valence-electron chi connectivity index (χ1n) is 21.3. The Bertz CT molecular complexity index is 2170. The normalized spacial score (nSPS) is 12.8. The van der Waals surface area contributed by atoms with E-state index in [9.17, 15) is 29.1 Å². The van der Waals surface area contributed by atoms with Crippen LogP contribution >= 0.6 is 23.2 Å². The van der Waals surface area contributed by atoms with E-state index in [0.717, 1.165) is 27.2 Å². The molecule has 0 aromatic heterocycles. The van der Waals surface area contributed by atoms with Gasteiger partial charge in [0.1, 0.15) is 31.5 Å². The van der Waals surface area contributed by atoms with E-state index in [4.69, 9.17) is 42.1 Å². The maximum atomic E-state index is 14.3. The summed E-state index contributed by atoms with van der Waals surface area (Å²) in [4.78, 5) is 66.5. The van der Waals surface area contributed by atoms with Crippen LogP contribution < -0.4 is 16.0 Å². The molecule has 4 amide bonds.